The van der Waals surface area contributed by atoms with Gasteiger partial charge in [-0.25, -0.2) is 0 Å². The number of piperazine rings is 1. The molecule has 132 valence electrons. The highest BCUT2D eigenvalue weighted by molar-refractivity contribution is 4.72. The molecule has 0 aromatic heterocycles. The first-order chi connectivity index (χ1) is 10.6. The van der Waals surface area contributed by atoms with Crippen LogP contribution < -0.4 is 10.6 Å². The summed E-state index contributed by atoms with van der Waals surface area (Å²) in [6, 6.07) is 0. The van der Waals surface area contributed by atoms with Crippen molar-refractivity contribution in [3.05, 3.63) is 0 Å². The Bertz CT molecular complexity index is 221. The second-order valence-electron chi connectivity index (χ2n) is 7.59. The maximum Gasteiger partial charge on any atom is 0.0110 e. The van der Waals surface area contributed by atoms with Gasteiger partial charge in [0.1, 0.15) is 0 Å². The second-order valence-corrected chi connectivity index (χ2v) is 7.59. The first-order valence-corrected chi connectivity index (χ1v) is 9.44. The van der Waals surface area contributed by atoms with Crippen molar-refractivity contribution in [1.29, 1.82) is 0 Å². The van der Waals surface area contributed by atoms with Gasteiger partial charge in [-0.3, -0.25) is 0 Å². The fourth-order valence-corrected chi connectivity index (χ4v) is 2.87. The van der Waals surface area contributed by atoms with E-state index in [-0.39, 0.29) is 0 Å². The molecule has 0 aromatic carbocycles. The van der Waals surface area contributed by atoms with Crippen LogP contribution in [0.15, 0.2) is 0 Å². The van der Waals surface area contributed by atoms with Crippen LogP contribution in [0.2, 0.25) is 0 Å². The summed E-state index contributed by atoms with van der Waals surface area (Å²) in [5, 5.41) is 7.07. The number of nitrogens with zero attached hydrogens (tertiary/aromatic N) is 2. The third-order valence-electron chi connectivity index (χ3n) is 4.23. The second kappa shape index (κ2) is 12.3. The van der Waals surface area contributed by atoms with E-state index < -0.39 is 0 Å². The summed E-state index contributed by atoms with van der Waals surface area (Å²) in [5.74, 6) is 1.53. The minimum absolute atomic E-state index is 0.763. The van der Waals surface area contributed by atoms with Crippen molar-refractivity contribution in [3.63, 3.8) is 0 Å². The summed E-state index contributed by atoms with van der Waals surface area (Å²) in [7, 11) is 0. The normalized spacial score (nSPS) is 17.7. The fraction of sp³-hybridized carbons (Fsp3) is 1.00. The summed E-state index contributed by atoms with van der Waals surface area (Å²) >= 11 is 0. The van der Waals surface area contributed by atoms with Crippen LogP contribution in [0, 0.1) is 11.8 Å². The predicted octanol–water partition coefficient (Wildman–Crippen LogP) is 1.88. The van der Waals surface area contributed by atoms with E-state index >= 15 is 0 Å². The molecule has 0 unspecified atom stereocenters. The maximum atomic E-state index is 3.54. The van der Waals surface area contributed by atoms with E-state index in [2.05, 4.69) is 48.1 Å². The first kappa shape index (κ1) is 19.9. The van der Waals surface area contributed by atoms with Crippen molar-refractivity contribution in [2.45, 2.75) is 40.5 Å². The molecule has 1 fully saturated rings. The lowest BCUT2D eigenvalue weighted by Crippen LogP contribution is -2.47. The quantitative estimate of drug-likeness (QED) is 0.539. The summed E-state index contributed by atoms with van der Waals surface area (Å²) in [5.41, 5.74) is 0. The summed E-state index contributed by atoms with van der Waals surface area (Å²) in [4.78, 5) is 5.26. The van der Waals surface area contributed by atoms with Crippen LogP contribution in [0.1, 0.15) is 40.5 Å². The number of nitrogens with one attached hydrogen (secondary N) is 2. The molecule has 0 aliphatic carbocycles. The Hall–Kier alpha value is -0.160. The molecular weight excluding hydrogens is 272 g/mol. The van der Waals surface area contributed by atoms with Crippen molar-refractivity contribution < 1.29 is 0 Å². The molecule has 1 heterocycles. The predicted molar refractivity (Wildman–Crippen MR) is 97.5 cm³/mol. The van der Waals surface area contributed by atoms with Gasteiger partial charge in [-0.05, 0) is 63.9 Å². The molecular formula is C18H40N4. The van der Waals surface area contributed by atoms with Gasteiger partial charge in [-0.2, -0.15) is 0 Å². The van der Waals surface area contributed by atoms with Gasteiger partial charge in [0.05, 0.1) is 0 Å². The molecule has 0 aromatic rings. The van der Waals surface area contributed by atoms with Gasteiger partial charge in [0.15, 0.2) is 0 Å². The van der Waals surface area contributed by atoms with Crippen LogP contribution in [0.25, 0.3) is 0 Å². The molecule has 1 aliphatic rings. The fourth-order valence-electron chi connectivity index (χ4n) is 2.87. The molecule has 0 atom stereocenters. The van der Waals surface area contributed by atoms with Crippen LogP contribution in [0.4, 0.5) is 0 Å². The lowest BCUT2D eigenvalue weighted by atomic mass is 10.2. The van der Waals surface area contributed by atoms with Crippen LogP contribution in [-0.4, -0.2) is 75.2 Å². The number of hydrogen-bond donors (Lipinski definition) is 2. The van der Waals surface area contributed by atoms with Gasteiger partial charge in [0, 0.05) is 26.2 Å². The van der Waals surface area contributed by atoms with Crippen molar-refractivity contribution in [3.8, 4) is 0 Å². The Labute approximate surface area is 139 Å². The van der Waals surface area contributed by atoms with Gasteiger partial charge in [0.2, 0.25) is 0 Å². The molecule has 0 bridgehead atoms. The van der Waals surface area contributed by atoms with Crippen molar-refractivity contribution in [2.75, 3.05) is 65.4 Å². The van der Waals surface area contributed by atoms with E-state index in [0.717, 1.165) is 24.9 Å². The van der Waals surface area contributed by atoms with Gasteiger partial charge in [-0.15, -0.1) is 0 Å². The van der Waals surface area contributed by atoms with E-state index in [9.17, 15) is 0 Å². The van der Waals surface area contributed by atoms with Crippen LogP contribution in [0.3, 0.4) is 0 Å². The van der Waals surface area contributed by atoms with Crippen molar-refractivity contribution in [1.82, 2.24) is 20.4 Å². The summed E-state index contributed by atoms with van der Waals surface area (Å²) < 4.78 is 0. The van der Waals surface area contributed by atoms with Crippen LogP contribution in [0.5, 0.6) is 0 Å². The first-order valence-electron chi connectivity index (χ1n) is 9.44. The Morgan fingerprint density at radius 1 is 0.682 bits per heavy atom. The Morgan fingerprint density at radius 2 is 1.05 bits per heavy atom. The molecule has 1 rings (SSSR count). The van der Waals surface area contributed by atoms with Gasteiger partial charge >= 0.3 is 0 Å². The SMILES string of the molecule is CC(C)CNCCCN1CCN(CCCNCC(C)C)CC1. The number of hydrogen-bond acceptors (Lipinski definition) is 4. The van der Waals surface area contributed by atoms with Gasteiger partial charge in [0.25, 0.3) is 0 Å². The third-order valence-corrected chi connectivity index (χ3v) is 4.23. The highest BCUT2D eigenvalue weighted by atomic mass is 15.3. The summed E-state index contributed by atoms with van der Waals surface area (Å²) in [6.45, 7) is 21.2. The van der Waals surface area contributed by atoms with E-state index in [1.54, 1.807) is 0 Å². The van der Waals surface area contributed by atoms with Crippen LogP contribution in [-0.2, 0) is 0 Å². The highest BCUT2D eigenvalue weighted by Crippen LogP contribution is 2.03. The van der Waals surface area contributed by atoms with E-state index in [1.807, 2.05) is 0 Å². The zero-order valence-electron chi connectivity index (χ0n) is 15.5. The van der Waals surface area contributed by atoms with Crippen molar-refractivity contribution in [2.24, 2.45) is 11.8 Å². The molecule has 4 heteroatoms. The maximum absolute atomic E-state index is 3.54. The average molecular weight is 313 g/mol. The minimum Gasteiger partial charge on any atom is -0.316 e. The summed E-state index contributed by atoms with van der Waals surface area (Å²) in [6.07, 6.45) is 2.57. The molecule has 0 saturated carbocycles. The average Bonchev–Trinajstić information content (AvgIpc) is 2.47. The van der Waals surface area contributed by atoms with E-state index in [1.165, 1.54) is 65.2 Å². The molecule has 0 radical (unpaired) electrons. The minimum atomic E-state index is 0.763. The Balaban J connectivity index is 1.92. The molecule has 22 heavy (non-hydrogen) atoms. The van der Waals surface area contributed by atoms with Crippen molar-refractivity contribution >= 4 is 0 Å². The molecule has 0 amide bonds. The Morgan fingerprint density at radius 3 is 1.36 bits per heavy atom. The topological polar surface area (TPSA) is 30.5 Å². The largest absolute Gasteiger partial charge is 0.316 e. The van der Waals surface area contributed by atoms with Crippen LogP contribution >= 0.6 is 0 Å². The zero-order valence-corrected chi connectivity index (χ0v) is 15.5. The monoisotopic (exact) mass is 312 g/mol. The molecule has 1 saturated heterocycles. The lowest BCUT2D eigenvalue weighted by molar-refractivity contribution is 0.130. The van der Waals surface area contributed by atoms with E-state index in [4.69, 9.17) is 0 Å². The van der Waals surface area contributed by atoms with Gasteiger partial charge in [-0.1, -0.05) is 27.7 Å². The smallest absolute Gasteiger partial charge is 0.0110 e. The van der Waals surface area contributed by atoms with Gasteiger partial charge < -0.3 is 20.4 Å². The molecule has 1 aliphatic heterocycles. The molecule has 2 N–H and O–H groups in total. The standard InChI is InChI=1S/C18H40N4/c1-17(2)15-19-7-5-9-21-11-13-22(14-12-21)10-6-8-20-16-18(3)4/h17-20H,5-16H2,1-4H3. The molecule has 0 spiro atoms. The Kier molecular flexibility index (Phi) is 11.1. The third kappa shape index (κ3) is 10.5. The molecule has 4 nitrogen and oxygen atoms in total. The van der Waals surface area contributed by atoms with E-state index in [0.29, 0.717) is 0 Å². The highest BCUT2D eigenvalue weighted by Gasteiger charge is 2.15. The lowest BCUT2D eigenvalue weighted by Gasteiger charge is -2.34. The number of rotatable bonds is 12. The zero-order chi connectivity index (χ0) is 16.2.